The van der Waals surface area contributed by atoms with Crippen molar-refractivity contribution in [1.82, 2.24) is 14.8 Å². The second-order valence-corrected chi connectivity index (χ2v) is 4.92. The van der Waals surface area contributed by atoms with Crippen LogP contribution in [0.25, 0.3) is 22.7 Å². The number of para-hydroxylation sites is 1. The Morgan fingerprint density at radius 2 is 1.90 bits per heavy atom. The molecule has 1 aromatic carbocycles. The minimum absolute atomic E-state index is 0.953. The average Bonchev–Trinajstić information content (AvgIpc) is 2.77. The molecule has 3 aromatic rings. The predicted molar refractivity (Wildman–Crippen MR) is 83.0 cm³/mol. The van der Waals surface area contributed by atoms with Crippen LogP contribution in [-0.2, 0) is 0 Å². The van der Waals surface area contributed by atoms with E-state index in [0.29, 0.717) is 0 Å². The van der Waals surface area contributed by atoms with Gasteiger partial charge in [-0.25, -0.2) is 9.67 Å². The second kappa shape index (κ2) is 4.93. The molecular formula is C17H17N3. The highest BCUT2D eigenvalue weighted by Gasteiger charge is 2.09. The van der Waals surface area contributed by atoms with E-state index in [0.717, 1.165) is 33.7 Å². The van der Waals surface area contributed by atoms with Gasteiger partial charge in [0.05, 0.1) is 22.6 Å². The van der Waals surface area contributed by atoms with Crippen LogP contribution in [-0.4, -0.2) is 14.8 Å². The number of pyridine rings is 1. The first kappa shape index (κ1) is 12.6. The van der Waals surface area contributed by atoms with Crippen LogP contribution in [0.5, 0.6) is 0 Å². The van der Waals surface area contributed by atoms with Crippen molar-refractivity contribution in [2.24, 2.45) is 0 Å². The summed E-state index contributed by atoms with van der Waals surface area (Å²) in [5, 5.41) is 5.71. The van der Waals surface area contributed by atoms with Crippen molar-refractivity contribution in [1.29, 1.82) is 0 Å². The molecule has 0 saturated heterocycles. The van der Waals surface area contributed by atoms with Gasteiger partial charge in [0, 0.05) is 11.1 Å². The summed E-state index contributed by atoms with van der Waals surface area (Å²) in [7, 11) is 0. The van der Waals surface area contributed by atoms with Gasteiger partial charge in [-0.05, 0) is 45.0 Å². The molecule has 0 atom stereocenters. The Morgan fingerprint density at radius 3 is 2.60 bits per heavy atom. The monoisotopic (exact) mass is 263 g/mol. The van der Waals surface area contributed by atoms with Crippen LogP contribution in [0.2, 0.25) is 0 Å². The van der Waals surface area contributed by atoms with Crippen molar-refractivity contribution in [2.45, 2.75) is 20.8 Å². The van der Waals surface area contributed by atoms with E-state index >= 15 is 0 Å². The van der Waals surface area contributed by atoms with Gasteiger partial charge in [0.25, 0.3) is 0 Å². The van der Waals surface area contributed by atoms with Gasteiger partial charge in [0.15, 0.2) is 0 Å². The lowest BCUT2D eigenvalue weighted by Gasteiger charge is -2.10. The number of nitrogens with zero attached hydrogens (tertiary/aromatic N) is 3. The van der Waals surface area contributed by atoms with Gasteiger partial charge < -0.3 is 0 Å². The van der Waals surface area contributed by atoms with Gasteiger partial charge in [-0.2, -0.15) is 5.10 Å². The summed E-state index contributed by atoms with van der Waals surface area (Å²) in [5.74, 6) is 0. The van der Waals surface area contributed by atoms with E-state index in [1.807, 2.05) is 48.9 Å². The van der Waals surface area contributed by atoms with Crippen LogP contribution in [0.1, 0.15) is 24.0 Å². The number of aryl methyl sites for hydroxylation is 2. The molecule has 2 aromatic heterocycles. The quantitative estimate of drug-likeness (QED) is 0.697. The Morgan fingerprint density at radius 1 is 1.10 bits per heavy atom. The van der Waals surface area contributed by atoms with E-state index in [-0.39, 0.29) is 0 Å². The van der Waals surface area contributed by atoms with E-state index in [2.05, 4.69) is 35.2 Å². The van der Waals surface area contributed by atoms with Gasteiger partial charge in [-0.15, -0.1) is 0 Å². The number of aromatic nitrogens is 3. The molecule has 0 aliphatic carbocycles. The summed E-state index contributed by atoms with van der Waals surface area (Å²) in [4.78, 5) is 4.66. The van der Waals surface area contributed by atoms with E-state index < -0.39 is 0 Å². The number of rotatable bonds is 2. The molecule has 0 aliphatic rings. The zero-order chi connectivity index (χ0) is 14.1. The minimum atomic E-state index is 0.953. The predicted octanol–water partition coefficient (Wildman–Crippen LogP) is 4.07. The number of hydrogen-bond donors (Lipinski definition) is 0. The third kappa shape index (κ3) is 2.11. The van der Waals surface area contributed by atoms with Crippen molar-refractivity contribution in [3.05, 3.63) is 59.6 Å². The molecule has 0 spiro atoms. The smallest absolute Gasteiger partial charge is 0.0764 e. The standard InChI is InChI=1S/C17H17N3/c1-4-7-14-11-17(20-13(3)10-12(2)19-20)15-8-5-6-9-16(15)18-14/h4-11H,1-3H3. The highest BCUT2D eigenvalue weighted by atomic mass is 15.3. The summed E-state index contributed by atoms with van der Waals surface area (Å²) >= 11 is 0. The van der Waals surface area contributed by atoms with E-state index in [4.69, 9.17) is 0 Å². The molecule has 0 bridgehead atoms. The molecule has 3 rings (SSSR count). The lowest BCUT2D eigenvalue weighted by Crippen LogP contribution is -2.02. The Hall–Kier alpha value is -2.42. The maximum absolute atomic E-state index is 4.66. The summed E-state index contributed by atoms with van der Waals surface area (Å²) in [6, 6.07) is 12.4. The minimum Gasteiger partial charge on any atom is -0.248 e. The average molecular weight is 263 g/mol. The van der Waals surface area contributed by atoms with Crippen LogP contribution in [0.15, 0.2) is 42.5 Å². The number of allylic oxidation sites excluding steroid dienone is 1. The van der Waals surface area contributed by atoms with Gasteiger partial charge in [0.2, 0.25) is 0 Å². The summed E-state index contributed by atoms with van der Waals surface area (Å²) in [6.07, 6.45) is 4.02. The van der Waals surface area contributed by atoms with Crippen molar-refractivity contribution in [2.75, 3.05) is 0 Å². The van der Waals surface area contributed by atoms with Crippen LogP contribution >= 0.6 is 0 Å². The Bertz CT molecular complexity index is 797. The third-order valence-electron chi connectivity index (χ3n) is 3.29. The highest BCUT2D eigenvalue weighted by molar-refractivity contribution is 5.88. The first-order valence-corrected chi connectivity index (χ1v) is 6.75. The molecule has 0 unspecified atom stereocenters. The molecule has 3 nitrogen and oxygen atoms in total. The maximum atomic E-state index is 4.66. The number of fused-ring (bicyclic) bond motifs is 1. The maximum Gasteiger partial charge on any atom is 0.0764 e. The zero-order valence-electron chi connectivity index (χ0n) is 12.0. The van der Waals surface area contributed by atoms with Gasteiger partial charge in [-0.1, -0.05) is 24.3 Å². The van der Waals surface area contributed by atoms with Crippen molar-refractivity contribution < 1.29 is 0 Å². The SMILES string of the molecule is CC=Cc1cc(-n2nc(C)cc2C)c2ccccc2n1. The van der Waals surface area contributed by atoms with E-state index in [1.54, 1.807) is 0 Å². The fourth-order valence-corrected chi connectivity index (χ4v) is 2.48. The molecule has 0 aliphatic heterocycles. The Balaban J connectivity index is 2.35. The molecule has 0 saturated carbocycles. The van der Waals surface area contributed by atoms with Crippen LogP contribution in [0.4, 0.5) is 0 Å². The molecule has 0 amide bonds. The Labute approximate surface area is 118 Å². The largest absolute Gasteiger partial charge is 0.248 e. The van der Waals surface area contributed by atoms with Crippen LogP contribution in [0, 0.1) is 13.8 Å². The van der Waals surface area contributed by atoms with Crippen molar-refractivity contribution in [3.8, 4) is 5.69 Å². The van der Waals surface area contributed by atoms with Crippen LogP contribution < -0.4 is 0 Å². The fraction of sp³-hybridized carbons (Fsp3) is 0.176. The lowest BCUT2D eigenvalue weighted by molar-refractivity contribution is 0.838. The van der Waals surface area contributed by atoms with Crippen molar-refractivity contribution in [3.63, 3.8) is 0 Å². The van der Waals surface area contributed by atoms with Crippen LogP contribution in [0.3, 0.4) is 0 Å². The van der Waals surface area contributed by atoms with Gasteiger partial charge in [0.1, 0.15) is 0 Å². The van der Waals surface area contributed by atoms with Gasteiger partial charge in [-0.3, -0.25) is 0 Å². The number of hydrogen-bond acceptors (Lipinski definition) is 2. The molecule has 0 radical (unpaired) electrons. The van der Waals surface area contributed by atoms with E-state index in [9.17, 15) is 0 Å². The first-order valence-electron chi connectivity index (χ1n) is 6.75. The lowest BCUT2D eigenvalue weighted by atomic mass is 10.1. The summed E-state index contributed by atoms with van der Waals surface area (Å²) in [6.45, 7) is 6.09. The molecule has 2 heterocycles. The molecule has 3 heteroatoms. The molecule has 100 valence electrons. The number of benzene rings is 1. The van der Waals surface area contributed by atoms with E-state index in [1.165, 1.54) is 0 Å². The Kier molecular flexibility index (Phi) is 3.11. The summed E-state index contributed by atoms with van der Waals surface area (Å²) in [5.41, 5.74) is 5.18. The highest BCUT2D eigenvalue weighted by Crippen LogP contribution is 2.23. The third-order valence-corrected chi connectivity index (χ3v) is 3.29. The molecular weight excluding hydrogens is 246 g/mol. The summed E-state index contributed by atoms with van der Waals surface area (Å²) < 4.78 is 1.99. The molecule has 0 fully saturated rings. The normalized spacial score (nSPS) is 11.6. The molecule has 0 N–H and O–H groups in total. The second-order valence-electron chi connectivity index (χ2n) is 4.92. The van der Waals surface area contributed by atoms with Gasteiger partial charge >= 0.3 is 0 Å². The topological polar surface area (TPSA) is 30.7 Å². The van der Waals surface area contributed by atoms with Crippen molar-refractivity contribution >= 4 is 17.0 Å². The molecule has 20 heavy (non-hydrogen) atoms. The first-order chi connectivity index (χ1) is 9.69. The fourth-order valence-electron chi connectivity index (χ4n) is 2.48. The zero-order valence-corrected chi connectivity index (χ0v) is 12.0.